The van der Waals surface area contributed by atoms with Crippen molar-refractivity contribution in [1.82, 2.24) is 4.72 Å². The molecule has 1 atom stereocenters. The first-order valence-corrected chi connectivity index (χ1v) is 10.1. The zero-order valence-corrected chi connectivity index (χ0v) is 16.6. The second kappa shape index (κ2) is 8.84. The monoisotopic (exact) mass is 409 g/mol. The van der Waals surface area contributed by atoms with Gasteiger partial charge < -0.3 is 11.1 Å². The van der Waals surface area contributed by atoms with E-state index in [2.05, 4.69) is 10.0 Å². The molecule has 0 saturated heterocycles. The van der Waals surface area contributed by atoms with Gasteiger partial charge >= 0.3 is 0 Å². The number of hydrogen-bond acceptors (Lipinski definition) is 4. The van der Waals surface area contributed by atoms with Crippen molar-refractivity contribution in [2.45, 2.75) is 30.7 Å². The molecule has 2 aromatic rings. The van der Waals surface area contributed by atoms with Gasteiger partial charge in [-0.15, -0.1) is 12.4 Å². The van der Waals surface area contributed by atoms with Crippen LogP contribution in [0.25, 0.3) is 0 Å². The summed E-state index contributed by atoms with van der Waals surface area (Å²) in [5, 5.41) is 2.71. The molecule has 27 heavy (non-hydrogen) atoms. The predicted molar refractivity (Wildman–Crippen MR) is 108 cm³/mol. The Labute approximate surface area is 166 Å². The molecule has 1 unspecified atom stereocenters. The summed E-state index contributed by atoms with van der Waals surface area (Å²) in [4.78, 5) is 12.5. The Morgan fingerprint density at radius 2 is 1.70 bits per heavy atom. The molecule has 1 aliphatic rings. The van der Waals surface area contributed by atoms with Crippen molar-refractivity contribution in [2.24, 2.45) is 11.7 Å². The Balaban J connectivity index is 0.00000261. The highest BCUT2D eigenvalue weighted by Gasteiger charge is 2.24. The van der Waals surface area contributed by atoms with Crippen molar-refractivity contribution in [3.8, 4) is 0 Å². The molecule has 8 heteroatoms. The van der Waals surface area contributed by atoms with E-state index in [0.29, 0.717) is 18.2 Å². The molecule has 1 fully saturated rings. The number of nitrogens with two attached hydrogens (primary N) is 1. The van der Waals surface area contributed by atoms with Crippen LogP contribution in [0.4, 0.5) is 5.69 Å². The first-order valence-electron chi connectivity index (χ1n) is 8.58. The number of nitrogens with one attached hydrogen (secondary N) is 2. The second-order valence-electron chi connectivity index (χ2n) is 6.70. The maximum Gasteiger partial charge on any atom is 0.245 e. The summed E-state index contributed by atoms with van der Waals surface area (Å²) in [6.07, 6.45) is 2.16. The standard InChI is InChI=1S/C19H23N3O3S.ClH/c1-13-2-6-15(7-3-13)18(20)19(23)22-16-8-10-17(11-9-16)26(24,25)21-12-14-4-5-14;/h2-3,6-11,14,18,21H,4-5,12,20H2,1H3,(H,22,23);1H. The molecule has 2 aromatic carbocycles. The summed E-state index contributed by atoms with van der Waals surface area (Å²) in [5.74, 6) is 0.114. The Hall–Kier alpha value is -1.93. The lowest BCUT2D eigenvalue weighted by Crippen LogP contribution is -2.28. The van der Waals surface area contributed by atoms with Gasteiger partial charge in [-0.25, -0.2) is 13.1 Å². The first kappa shape index (κ1) is 21.4. The number of carbonyl (C=O) groups is 1. The highest BCUT2D eigenvalue weighted by atomic mass is 35.5. The van der Waals surface area contributed by atoms with Crippen LogP contribution in [0.15, 0.2) is 53.4 Å². The number of rotatable bonds is 7. The third kappa shape index (κ3) is 5.77. The number of sulfonamides is 1. The number of hydrogen-bond donors (Lipinski definition) is 3. The molecule has 0 aliphatic heterocycles. The fourth-order valence-electron chi connectivity index (χ4n) is 2.50. The van der Waals surface area contributed by atoms with Gasteiger partial charge in [-0.05, 0) is 55.5 Å². The van der Waals surface area contributed by atoms with Crippen LogP contribution in [0.3, 0.4) is 0 Å². The Morgan fingerprint density at radius 1 is 1.11 bits per heavy atom. The molecule has 0 bridgehead atoms. The third-order valence-electron chi connectivity index (χ3n) is 4.41. The van der Waals surface area contributed by atoms with E-state index in [1.165, 1.54) is 12.1 Å². The highest BCUT2D eigenvalue weighted by Crippen LogP contribution is 2.28. The van der Waals surface area contributed by atoms with Crippen LogP contribution < -0.4 is 15.8 Å². The zero-order chi connectivity index (χ0) is 18.7. The topological polar surface area (TPSA) is 101 Å². The number of benzene rings is 2. The van der Waals surface area contributed by atoms with Crippen LogP contribution in [-0.2, 0) is 14.8 Å². The summed E-state index contributed by atoms with van der Waals surface area (Å²) >= 11 is 0. The van der Waals surface area contributed by atoms with Crippen molar-refractivity contribution < 1.29 is 13.2 Å². The minimum atomic E-state index is -3.51. The van der Waals surface area contributed by atoms with Crippen LogP contribution in [0.1, 0.15) is 30.0 Å². The van der Waals surface area contributed by atoms with E-state index in [1.54, 1.807) is 12.1 Å². The average molecular weight is 410 g/mol. The van der Waals surface area contributed by atoms with Crippen molar-refractivity contribution >= 4 is 34.0 Å². The number of aryl methyl sites for hydroxylation is 1. The molecule has 4 N–H and O–H groups in total. The lowest BCUT2D eigenvalue weighted by molar-refractivity contribution is -0.117. The molecule has 0 heterocycles. The van der Waals surface area contributed by atoms with Crippen molar-refractivity contribution in [3.05, 3.63) is 59.7 Å². The van der Waals surface area contributed by atoms with Gasteiger partial charge in [0.25, 0.3) is 0 Å². The van der Waals surface area contributed by atoms with E-state index in [0.717, 1.165) is 24.0 Å². The number of anilines is 1. The van der Waals surface area contributed by atoms with Crippen LogP contribution in [-0.4, -0.2) is 20.9 Å². The van der Waals surface area contributed by atoms with E-state index in [9.17, 15) is 13.2 Å². The van der Waals surface area contributed by atoms with Crippen LogP contribution in [0.2, 0.25) is 0 Å². The van der Waals surface area contributed by atoms with Gasteiger partial charge in [0.2, 0.25) is 15.9 Å². The predicted octanol–water partition coefficient (Wildman–Crippen LogP) is 2.74. The van der Waals surface area contributed by atoms with E-state index in [4.69, 9.17) is 5.73 Å². The van der Waals surface area contributed by atoms with Gasteiger partial charge in [0.1, 0.15) is 6.04 Å². The number of carbonyl (C=O) groups excluding carboxylic acids is 1. The van der Waals surface area contributed by atoms with Gasteiger partial charge in [-0.1, -0.05) is 29.8 Å². The maximum atomic E-state index is 12.3. The Bertz CT molecular complexity index is 879. The molecular formula is C19H24ClN3O3S. The normalized spacial score (nSPS) is 14.9. The number of amides is 1. The molecule has 6 nitrogen and oxygen atoms in total. The molecule has 3 rings (SSSR count). The lowest BCUT2D eigenvalue weighted by Gasteiger charge is -2.13. The molecular weight excluding hydrogens is 386 g/mol. The quantitative estimate of drug-likeness (QED) is 0.654. The van der Waals surface area contributed by atoms with Crippen molar-refractivity contribution in [1.29, 1.82) is 0 Å². The van der Waals surface area contributed by atoms with Crippen LogP contribution >= 0.6 is 12.4 Å². The highest BCUT2D eigenvalue weighted by molar-refractivity contribution is 7.89. The molecule has 0 radical (unpaired) electrons. The third-order valence-corrected chi connectivity index (χ3v) is 5.85. The van der Waals surface area contributed by atoms with Crippen LogP contribution in [0.5, 0.6) is 0 Å². The summed E-state index contributed by atoms with van der Waals surface area (Å²) < 4.78 is 27.0. The summed E-state index contributed by atoms with van der Waals surface area (Å²) in [5.41, 5.74) is 8.30. The van der Waals surface area contributed by atoms with Crippen molar-refractivity contribution in [2.75, 3.05) is 11.9 Å². The maximum absolute atomic E-state index is 12.3. The van der Waals surface area contributed by atoms with E-state index >= 15 is 0 Å². The Kier molecular flexibility index (Phi) is 7.00. The van der Waals surface area contributed by atoms with Crippen molar-refractivity contribution in [3.63, 3.8) is 0 Å². The summed E-state index contributed by atoms with van der Waals surface area (Å²) in [7, 11) is -3.51. The molecule has 0 aromatic heterocycles. The van der Waals surface area contributed by atoms with E-state index in [1.807, 2.05) is 31.2 Å². The first-order chi connectivity index (χ1) is 12.3. The van der Waals surface area contributed by atoms with Gasteiger partial charge in [0, 0.05) is 12.2 Å². The molecule has 1 saturated carbocycles. The summed E-state index contributed by atoms with van der Waals surface area (Å²) in [6, 6.07) is 12.7. The summed E-state index contributed by atoms with van der Waals surface area (Å²) in [6.45, 7) is 2.44. The number of halogens is 1. The van der Waals surface area contributed by atoms with Crippen LogP contribution in [0, 0.1) is 12.8 Å². The fraction of sp³-hybridized carbons (Fsp3) is 0.316. The minimum Gasteiger partial charge on any atom is -0.324 e. The fourth-order valence-corrected chi connectivity index (χ4v) is 3.61. The lowest BCUT2D eigenvalue weighted by atomic mass is 10.1. The molecule has 1 amide bonds. The molecule has 0 spiro atoms. The Morgan fingerprint density at radius 3 is 2.26 bits per heavy atom. The SMILES string of the molecule is Cc1ccc(C(N)C(=O)Nc2ccc(S(=O)(=O)NCC3CC3)cc2)cc1.Cl. The average Bonchev–Trinajstić information content (AvgIpc) is 3.45. The smallest absolute Gasteiger partial charge is 0.245 e. The molecule has 146 valence electrons. The minimum absolute atomic E-state index is 0. The van der Waals surface area contributed by atoms with E-state index in [-0.39, 0.29) is 23.2 Å². The molecule has 1 aliphatic carbocycles. The van der Waals surface area contributed by atoms with E-state index < -0.39 is 16.1 Å². The van der Waals surface area contributed by atoms with Gasteiger partial charge in [-0.2, -0.15) is 0 Å². The zero-order valence-electron chi connectivity index (χ0n) is 15.0. The second-order valence-corrected chi connectivity index (χ2v) is 8.46. The van der Waals surface area contributed by atoms with Gasteiger partial charge in [0.05, 0.1) is 4.90 Å². The largest absolute Gasteiger partial charge is 0.324 e. The van der Waals surface area contributed by atoms with Gasteiger partial charge in [0.15, 0.2) is 0 Å². The van der Waals surface area contributed by atoms with Gasteiger partial charge in [-0.3, -0.25) is 4.79 Å².